The lowest BCUT2D eigenvalue weighted by atomic mass is 10.1. The number of anilines is 1. The molecule has 0 radical (unpaired) electrons. The molecule has 0 heterocycles. The Labute approximate surface area is 129 Å². The molecular weight excluding hydrogens is 286 g/mol. The van der Waals surface area contributed by atoms with Crippen molar-refractivity contribution in [2.24, 2.45) is 0 Å². The SMILES string of the molecule is Cc1cc(C)c(OCc2c(Cl)cccc2NC=O)cc1C. The molecule has 0 fully saturated rings. The van der Waals surface area contributed by atoms with Crippen molar-refractivity contribution in [1.82, 2.24) is 0 Å². The highest BCUT2D eigenvalue weighted by Crippen LogP contribution is 2.28. The van der Waals surface area contributed by atoms with Crippen molar-refractivity contribution < 1.29 is 9.53 Å². The first kappa shape index (κ1) is 15.4. The van der Waals surface area contributed by atoms with E-state index in [9.17, 15) is 4.79 Å². The van der Waals surface area contributed by atoms with Gasteiger partial charge in [0.2, 0.25) is 6.41 Å². The quantitative estimate of drug-likeness (QED) is 0.831. The molecule has 0 saturated heterocycles. The molecule has 2 aromatic rings. The lowest BCUT2D eigenvalue weighted by Gasteiger charge is -2.14. The molecule has 1 N–H and O–H groups in total. The average molecular weight is 304 g/mol. The van der Waals surface area contributed by atoms with Gasteiger partial charge in [-0.15, -0.1) is 0 Å². The molecule has 4 heteroatoms. The minimum atomic E-state index is 0.305. The molecule has 0 spiro atoms. The summed E-state index contributed by atoms with van der Waals surface area (Å²) in [6.45, 7) is 6.45. The van der Waals surface area contributed by atoms with Gasteiger partial charge in [-0.25, -0.2) is 0 Å². The predicted molar refractivity (Wildman–Crippen MR) is 86.1 cm³/mol. The summed E-state index contributed by atoms with van der Waals surface area (Å²) >= 11 is 6.19. The van der Waals surface area contributed by atoms with E-state index in [1.807, 2.05) is 13.0 Å². The molecule has 2 rings (SSSR count). The van der Waals surface area contributed by atoms with Crippen molar-refractivity contribution in [1.29, 1.82) is 0 Å². The van der Waals surface area contributed by atoms with Crippen LogP contribution in [0, 0.1) is 20.8 Å². The summed E-state index contributed by atoms with van der Waals surface area (Å²) in [6, 6.07) is 9.49. The van der Waals surface area contributed by atoms with Crippen LogP contribution in [-0.4, -0.2) is 6.41 Å². The molecule has 21 heavy (non-hydrogen) atoms. The van der Waals surface area contributed by atoms with E-state index in [1.165, 1.54) is 11.1 Å². The van der Waals surface area contributed by atoms with Crippen LogP contribution in [0.25, 0.3) is 0 Å². The fourth-order valence-corrected chi connectivity index (χ4v) is 2.37. The molecule has 0 aliphatic heterocycles. The number of aryl methyl sites for hydroxylation is 3. The van der Waals surface area contributed by atoms with Crippen LogP contribution in [0.15, 0.2) is 30.3 Å². The van der Waals surface area contributed by atoms with Crippen LogP contribution in [0.5, 0.6) is 5.75 Å². The molecule has 0 bridgehead atoms. The zero-order chi connectivity index (χ0) is 15.4. The summed E-state index contributed by atoms with van der Waals surface area (Å²) in [7, 11) is 0. The van der Waals surface area contributed by atoms with Gasteiger partial charge in [-0.05, 0) is 55.7 Å². The van der Waals surface area contributed by atoms with Crippen molar-refractivity contribution >= 4 is 23.7 Å². The second-order valence-electron chi connectivity index (χ2n) is 5.02. The van der Waals surface area contributed by atoms with Gasteiger partial charge in [0.1, 0.15) is 12.4 Å². The van der Waals surface area contributed by atoms with Crippen molar-refractivity contribution in [3.63, 3.8) is 0 Å². The molecule has 0 atom stereocenters. The van der Waals surface area contributed by atoms with Gasteiger partial charge in [0, 0.05) is 16.3 Å². The summed E-state index contributed by atoms with van der Waals surface area (Å²) in [4.78, 5) is 10.7. The van der Waals surface area contributed by atoms with Crippen LogP contribution in [0.1, 0.15) is 22.3 Å². The van der Waals surface area contributed by atoms with E-state index in [4.69, 9.17) is 16.3 Å². The summed E-state index contributed by atoms with van der Waals surface area (Å²) in [5.41, 5.74) is 4.93. The Kier molecular flexibility index (Phi) is 4.86. The summed E-state index contributed by atoms with van der Waals surface area (Å²) in [6.07, 6.45) is 0.635. The highest BCUT2D eigenvalue weighted by molar-refractivity contribution is 6.31. The molecule has 1 amide bonds. The number of carbonyl (C=O) groups is 1. The van der Waals surface area contributed by atoms with Crippen LogP contribution in [0.4, 0.5) is 5.69 Å². The van der Waals surface area contributed by atoms with Gasteiger partial charge in [0.05, 0.1) is 0 Å². The maximum absolute atomic E-state index is 10.7. The summed E-state index contributed by atoms with van der Waals surface area (Å²) in [5, 5.41) is 3.22. The highest BCUT2D eigenvalue weighted by atomic mass is 35.5. The number of hydrogen-bond donors (Lipinski definition) is 1. The Bertz CT molecular complexity index is 668. The molecular formula is C17H18ClNO2. The lowest BCUT2D eigenvalue weighted by molar-refractivity contribution is -0.105. The zero-order valence-corrected chi connectivity index (χ0v) is 13.1. The van der Waals surface area contributed by atoms with Crippen LogP contribution in [0.3, 0.4) is 0 Å². The van der Waals surface area contributed by atoms with Gasteiger partial charge in [-0.1, -0.05) is 23.7 Å². The molecule has 0 aromatic heterocycles. The van der Waals surface area contributed by atoms with Crippen LogP contribution >= 0.6 is 11.6 Å². The zero-order valence-electron chi connectivity index (χ0n) is 12.4. The number of ether oxygens (including phenoxy) is 1. The van der Waals surface area contributed by atoms with Crippen LogP contribution in [-0.2, 0) is 11.4 Å². The van der Waals surface area contributed by atoms with Gasteiger partial charge in [-0.2, -0.15) is 0 Å². The fourth-order valence-electron chi connectivity index (χ4n) is 2.14. The number of nitrogens with one attached hydrogen (secondary N) is 1. The monoisotopic (exact) mass is 303 g/mol. The third kappa shape index (κ3) is 3.56. The normalized spacial score (nSPS) is 10.3. The van der Waals surface area contributed by atoms with Crippen LogP contribution < -0.4 is 10.1 Å². The Morgan fingerprint density at radius 2 is 1.86 bits per heavy atom. The van der Waals surface area contributed by atoms with Gasteiger partial charge in [-0.3, -0.25) is 4.79 Å². The second-order valence-corrected chi connectivity index (χ2v) is 5.43. The molecule has 0 saturated carbocycles. The maximum Gasteiger partial charge on any atom is 0.211 e. The summed E-state index contributed by atoms with van der Waals surface area (Å²) in [5.74, 6) is 0.829. The predicted octanol–water partition coefficient (Wildman–Crippen LogP) is 4.41. The van der Waals surface area contributed by atoms with Crippen LogP contribution in [0.2, 0.25) is 5.02 Å². The van der Waals surface area contributed by atoms with E-state index in [-0.39, 0.29) is 0 Å². The standard InChI is InChI=1S/C17H18ClNO2/c1-11-7-13(3)17(8-12(11)2)21-9-14-15(18)5-4-6-16(14)19-10-20/h4-8,10H,9H2,1-3H3,(H,19,20). The first-order valence-electron chi connectivity index (χ1n) is 6.71. The molecule has 3 nitrogen and oxygen atoms in total. The molecule has 0 unspecified atom stereocenters. The second kappa shape index (κ2) is 6.64. The van der Waals surface area contributed by atoms with E-state index >= 15 is 0 Å². The topological polar surface area (TPSA) is 38.3 Å². The first-order valence-corrected chi connectivity index (χ1v) is 7.09. The van der Waals surface area contributed by atoms with Gasteiger partial charge < -0.3 is 10.1 Å². The number of rotatable bonds is 5. The number of benzene rings is 2. The fraction of sp³-hybridized carbons (Fsp3) is 0.235. The van der Waals surface area contributed by atoms with E-state index in [2.05, 4.69) is 25.2 Å². The molecule has 2 aromatic carbocycles. The Morgan fingerprint density at radius 3 is 2.57 bits per heavy atom. The van der Waals surface area contributed by atoms with Crippen molar-refractivity contribution in [3.8, 4) is 5.75 Å². The Hall–Kier alpha value is -2.00. The number of carbonyl (C=O) groups excluding carboxylic acids is 1. The number of amides is 1. The average Bonchev–Trinajstić information content (AvgIpc) is 2.44. The van der Waals surface area contributed by atoms with Crippen molar-refractivity contribution in [2.45, 2.75) is 27.4 Å². The first-order chi connectivity index (χ1) is 10.0. The number of hydrogen-bond acceptors (Lipinski definition) is 2. The Balaban J connectivity index is 2.24. The van der Waals surface area contributed by atoms with E-state index < -0.39 is 0 Å². The smallest absolute Gasteiger partial charge is 0.211 e. The number of halogens is 1. The van der Waals surface area contributed by atoms with Crippen molar-refractivity contribution in [2.75, 3.05) is 5.32 Å². The largest absolute Gasteiger partial charge is 0.488 e. The minimum Gasteiger partial charge on any atom is -0.488 e. The third-order valence-electron chi connectivity index (χ3n) is 3.50. The van der Waals surface area contributed by atoms with E-state index in [1.54, 1.807) is 18.2 Å². The van der Waals surface area contributed by atoms with Crippen molar-refractivity contribution in [3.05, 3.63) is 57.6 Å². The van der Waals surface area contributed by atoms with Gasteiger partial charge in [0.25, 0.3) is 0 Å². The maximum atomic E-state index is 10.7. The molecule has 110 valence electrons. The van der Waals surface area contributed by atoms with E-state index in [0.29, 0.717) is 23.7 Å². The third-order valence-corrected chi connectivity index (χ3v) is 3.85. The highest BCUT2D eigenvalue weighted by Gasteiger charge is 2.09. The Morgan fingerprint density at radius 1 is 1.14 bits per heavy atom. The lowest BCUT2D eigenvalue weighted by Crippen LogP contribution is -2.04. The minimum absolute atomic E-state index is 0.305. The van der Waals surface area contributed by atoms with Gasteiger partial charge >= 0.3 is 0 Å². The van der Waals surface area contributed by atoms with Gasteiger partial charge in [0.15, 0.2) is 0 Å². The van der Waals surface area contributed by atoms with E-state index in [0.717, 1.165) is 16.9 Å². The summed E-state index contributed by atoms with van der Waals surface area (Å²) < 4.78 is 5.89. The molecule has 0 aliphatic carbocycles. The molecule has 0 aliphatic rings.